The number of nitrogens with zero attached hydrogens (tertiary/aromatic N) is 3. The third kappa shape index (κ3) is 4.33. The van der Waals surface area contributed by atoms with Crippen LogP contribution >= 0.6 is 0 Å². The van der Waals surface area contributed by atoms with Crippen molar-refractivity contribution >= 4 is 29.1 Å². The average Bonchev–Trinajstić information content (AvgIpc) is 3.18. The van der Waals surface area contributed by atoms with Gasteiger partial charge in [0.15, 0.2) is 0 Å². The second-order valence-corrected chi connectivity index (χ2v) is 10.3. The topological polar surface area (TPSA) is 73.0 Å². The lowest BCUT2D eigenvalue weighted by Crippen LogP contribution is -2.63. The Morgan fingerprint density at radius 3 is 2.57 bits per heavy atom. The van der Waals surface area contributed by atoms with Crippen molar-refractivity contribution in [3.8, 4) is 0 Å². The zero-order valence-corrected chi connectivity index (χ0v) is 20.6. The third-order valence-electron chi connectivity index (χ3n) is 7.96. The van der Waals surface area contributed by atoms with Crippen LogP contribution in [0.2, 0.25) is 0 Å². The summed E-state index contributed by atoms with van der Waals surface area (Å²) in [5.41, 5.74) is 2.08. The highest BCUT2D eigenvalue weighted by Crippen LogP contribution is 2.43. The lowest BCUT2D eigenvalue weighted by molar-refractivity contribution is -0.120. The molecular weight excluding hydrogens is 440 g/mol. The van der Waals surface area contributed by atoms with E-state index in [1.807, 2.05) is 37.3 Å². The first-order valence-electron chi connectivity index (χ1n) is 12.7. The molecule has 2 aromatic carbocycles. The number of hydrogen-bond donors (Lipinski definition) is 1. The number of carbonyl (C=O) groups excluding carboxylic acids is 3. The first kappa shape index (κ1) is 23.5. The minimum Gasteiger partial charge on any atom is -0.324 e. The van der Waals surface area contributed by atoms with Gasteiger partial charge < -0.3 is 10.2 Å². The summed E-state index contributed by atoms with van der Waals surface area (Å²) in [6.07, 6.45) is 7.17. The van der Waals surface area contributed by atoms with E-state index in [4.69, 9.17) is 0 Å². The number of nitrogens with one attached hydrogen (secondary N) is 1. The van der Waals surface area contributed by atoms with Crippen LogP contribution in [0.1, 0.15) is 67.8 Å². The van der Waals surface area contributed by atoms with Crippen LogP contribution in [0.3, 0.4) is 0 Å². The van der Waals surface area contributed by atoms with Crippen LogP contribution in [-0.4, -0.2) is 52.8 Å². The Bertz CT molecular complexity index is 1140. The van der Waals surface area contributed by atoms with Crippen LogP contribution in [-0.2, 0) is 16.1 Å². The molecule has 2 aliphatic heterocycles. The number of hydrogen-bond acceptors (Lipinski definition) is 4. The smallest absolute Gasteiger partial charge is 0.258 e. The average molecular weight is 475 g/mol. The predicted octanol–water partition coefficient (Wildman–Crippen LogP) is 4.39. The maximum Gasteiger partial charge on any atom is 0.258 e. The maximum absolute atomic E-state index is 13.4. The van der Waals surface area contributed by atoms with Gasteiger partial charge in [-0.05, 0) is 57.0 Å². The van der Waals surface area contributed by atoms with Crippen LogP contribution < -0.4 is 10.2 Å². The fourth-order valence-electron chi connectivity index (χ4n) is 5.97. The number of para-hydroxylation sites is 2. The van der Waals surface area contributed by atoms with Gasteiger partial charge in [0.1, 0.15) is 12.2 Å². The molecular formula is C28H34N4O3. The van der Waals surface area contributed by atoms with E-state index in [9.17, 15) is 14.4 Å². The van der Waals surface area contributed by atoms with Gasteiger partial charge in [0.25, 0.3) is 5.91 Å². The summed E-state index contributed by atoms with van der Waals surface area (Å²) in [7, 11) is 2.16. The predicted molar refractivity (Wildman–Crippen MR) is 136 cm³/mol. The summed E-state index contributed by atoms with van der Waals surface area (Å²) in [6.45, 7) is 2.53. The van der Waals surface area contributed by atoms with E-state index in [0.29, 0.717) is 30.1 Å². The molecule has 0 radical (unpaired) electrons. The summed E-state index contributed by atoms with van der Waals surface area (Å²) in [4.78, 5) is 45.1. The molecule has 5 rings (SSSR count). The van der Waals surface area contributed by atoms with E-state index in [0.717, 1.165) is 17.8 Å². The van der Waals surface area contributed by atoms with Crippen molar-refractivity contribution in [2.45, 2.75) is 70.1 Å². The lowest BCUT2D eigenvalue weighted by atomic mass is 9.94. The molecule has 7 nitrogen and oxygen atoms in total. The van der Waals surface area contributed by atoms with E-state index in [-0.39, 0.29) is 24.3 Å². The third-order valence-corrected chi connectivity index (χ3v) is 7.96. The lowest BCUT2D eigenvalue weighted by Gasteiger charge is -2.48. The van der Waals surface area contributed by atoms with Crippen molar-refractivity contribution in [3.63, 3.8) is 0 Å². The summed E-state index contributed by atoms with van der Waals surface area (Å²) < 4.78 is 0. The van der Waals surface area contributed by atoms with Crippen LogP contribution in [0.25, 0.3) is 0 Å². The number of rotatable bonds is 6. The Hall–Kier alpha value is -3.19. The Morgan fingerprint density at radius 2 is 1.77 bits per heavy atom. The molecule has 0 bridgehead atoms. The summed E-state index contributed by atoms with van der Waals surface area (Å²) in [5.74, 6) is -0.491. The quantitative estimate of drug-likeness (QED) is 0.674. The van der Waals surface area contributed by atoms with Gasteiger partial charge in [-0.15, -0.1) is 0 Å². The molecule has 7 heteroatoms. The molecule has 2 aromatic rings. The largest absolute Gasteiger partial charge is 0.324 e. The van der Waals surface area contributed by atoms with Gasteiger partial charge in [-0.25, -0.2) is 0 Å². The van der Waals surface area contributed by atoms with Gasteiger partial charge in [0.05, 0.1) is 11.3 Å². The molecule has 1 aliphatic carbocycles. The Morgan fingerprint density at radius 1 is 1.06 bits per heavy atom. The Kier molecular flexibility index (Phi) is 6.36. The molecule has 1 unspecified atom stereocenters. The first-order valence-corrected chi connectivity index (χ1v) is 12.7. The van der Waals surface area contributed by atoms with Gasteiger partial charge >= 0.3 is 0 Å². The molecule has 3 amide bonds. The second-order valence-electron chi connectivity index (χ2n) is 10.3. The molecule has 3 aliphatic rings. The van der Waals surface area contributed by atoms with Crippen molar-refractivity contribution in [3.05, 3.63) is 59.7 Å². The van der Waals surface area contributed by atoms with Gasteiger partial charge in [0, 0.05) is 24.7 Å². The van der Waals surface area contributed by atoms with Gasteiger partial charge in [-0.2, -0.15) is 0 Å². The zero-order chi connectivity index (χ0) is 24.6. The maximum atomic E-state index is 13.4. The minimum absolute atomic E-state index is 0.0195. The van der Waals surface area contributed by atoms with Gasteiger partial charge in [0.2, 0.25) is 11.8 Å². The van der Waals surface area contributed by atoms with Crippen molar-refractivity contribution in [1.82, 2.24) is 9.80 Å². The molecule has 2 heterocycles. The van der Waals surface area contributed by atoms with E-state index in [1.54, 1.807) is 21.9 Å². The van der Waals surface area contributed by atoms with E-state index < -0.39 is 5.66 Å². The van der Waals surface area contributed by atoms with Crippen LogP contribution in [0, 0.1) is 0 Å². The van der Waals surface area contributed by atoms with Crippen LogP contribution in [0.5, 0.6) is 0 Å². The van der Waals surface area contributed by atoms with Crippen LogP contribution in [0.15, 0.2) is 48.5 Å². The second kappa shape index (κ2) is 9.46. The van der Waals surface area contributed by atoms with E-state index >= 15 is 0 Å². The van der Waals surface area contributed by atoms with E-state index in [2.05, 4.69) is 23.3 Å². The molecule has 0 spiro atoms. The summed E-state index contributed by atoms with van der Waals surface area (Å²) >= 11 is 0. The minimum atomic E-state index is -0.847. The van der Waals surface area contributed by atoms with Crippen molar-refractivity contribution < 1.29 is 14.4 Å². The number of benzene rings is 2. The summed E-state index contributed by atoms with van der Waals surface area (Å²) in [5, 5.41) is 3.06. The normalized spacial score (nSPS) is 22.4. The highest BCUT2D eigenvalue weighted by atomic mass is 16.2. The molecule has 35 heavy (non-hydrogen) atoms. The molecule has 2 fully saturated rings. The number of fused-ring (bicyclic) bond motifs is 3. The number of carbonyl (C=O) groups is 3. The standard InChI is InChI=1S/C28H34N4O3/c1-28-17-16-26(34)32(28)24-15-9-7-13-22(24)27(35)31(28)19-25(33)29-23-14-8-6-10-20(23)18-30(2)21-11-4-3-5-12-21/h6-10,13-15,21H,3-5,11-12,16-19H2,1-2H3,(H,29,33). The number of anilines is 2. The SMILES string of the molecule is CN(Cc1ccccc1NC(=O)CN1C(=O)c2ccccc2N2C(=O)CCC12C)C1CCCCC1. The molecule has 0 aromatic heterocycles. The van der Waals surface area contributed by atoms with Gasteiger partial charge in [-0.1, -0.05) is 49.6 Å². The zero-order valence-electron chi connectivity index (χ0n) is 20.6. The Labute approximate surface area is 207 Å². The van der Waals surface area contributed by atoms with Crippen LogP contribution in [0.4, 0.5) is 11.4 Å². The number of amides is 3. The fourth-order valence-corrected chi connectivity index (χ4v) is 5.97. The molecule has 1 atom stereocenters. The van der Waals surface area contributed by atoms with Crippen molar-refractivity contribution in [2.75, 3.05) is 23.8 Å². The molecule has 1 N–H and O–H groups in total. The van der Waals surface area contributed by atoms with Crippen molar-refractivity contribution in [2.24, 2.45) is 0 Å². The first-order chi connectivity index (χ1) is 16.9. The van der Waals surface area contributed by atoms with E-state index in [1.165, 1.54) is 32.1 Å². The van der Waals surface area contributed by atoms with Crippen molar-refractivity contribution in [1.29, 1.82) is 0 Å². The highest BCUT2D eigenvalue weighted by molar-refractivity contribution is 6.11. The fraction of sp³-hybridized carbons (Fsp3) is 0.464. The Balaban J connectivity index is 1.34. The summed E-state index contributed by atoms with van der Waals surface area (Å²) in [6, 6.07) is 15.6. The molecule has 1 saturated heterocycles. The monoisotopic (exact) mass is 474 g/mol. The molecule has 1 saturated carbocycles. The van der Waals surface area contributed by atoms with Gasteiger partial charge in [-0.3, -0.25) is 24.2 Å². The highest BCUT2D eigenvalue weighted by Gasteiger charge is 2.53. The molecule has 184 valence electrons.